The van der Waals surface area contributed by atoms with E-state index in [1.54, 1.807) is 41.3 Å². The summed E-state index contributed by atoms with van der Waals surface area (Å²) in [5.41, 5.74) is 1.14. The molecule has 28 heavy (non-hydrogen) atoms. The van der Waals surface area contributed by atoms with Crippen molar-refractivity contribution in [3.8, 4) is 11.4 Å². The summed E-state index contributed by atoms with van der Waals surface area (Å²) in [7, 11) is 0. The molecule has 0 radical (unpaired) electrons. The van der Waals surface area contributed by atoms with Gasteiger partial charge in [0.2, 0.25) is 11.7 Å². The molecule has 0 aliphatic carbocycles. The van der Waals surface area contributed by atoms with Crippen molar-refractivity contribution in [3.63, 3.8) is 0 Å². The van der Waals surface area contributed by atoms with Gasteiger partial charge in [-0.25, -0.2) is 4.39 Å². The van der Waals surface area contributed by atoms with Crippen molar-refractivity contribution in [1.82, 2.24) is 15.0 Å². The van der Waals surface area contributed by atoms with Crippen molar-refractivity contribution in [1.29, 1.82) is 0 Å². The minimum absolute atomic E-state index is 0.0308. The fourth-order valence-corrected chi connectivity index (χ4v) is 3.04. The van der Waals surface area contributed by atoms with E-state index in [2.05, 4.69) is 10.1 Å². The Bertz CT molecular complexity index is 943. The molecular weight excluding hydrogens is 381 g/mol. The van der Waals surface area contributed by atoms with Gasteiger partial charge in [0, 0.05) is 24.6 Å². The van der Waals surface area contributed by atoms with Crippen molar-refractivity contribution in [3.05, 3.63) is 70.8 Å². The molecule has 3 aromatic rings. The van der Waals surface area contributed by atoms with Gasteiger partial charge < -0.3 is 9.42 Å². The van der Waals surface area contributed by atoms with E-state index in [-0.39, 0.29) is 17.8 Å². The van der Waals surface area contributed by atoms with Crippen LogP contribution in [0.4, 0.5) is 4.39 Å². The number of benzene rings is 2. The lowest BCUT2D eigenvalue weighted by atomic mass is 10.1. The summed E-state index contributed by atoms with van der Waals surface area (Å²) in [5, 5.41) is 4.37. The number of hydrogen-bond acceptors (Lipinski definition) is 4. The molecule has 7 heteroatoms. The molecule has 0 bridgehead atoms. The van der Waals surface area contributed by atoms with E-state index < -0.39 is 0 Å². The summed E-state index contributed by atoms with van der Waals surface area (Å²) >= 11 is 6.20. The molecule has 0 N–H and O–H groups in total. The normalized spacial score (nSPS) is 12.0. The molecule has 2 aromatic carbocycles. The zero-order valence-corrected chi connectivity index (χ0v) is 16.5. The fraction of sp³-hybridized carbons (Fsp3) is 0.286. The Labute approximate surface area is 168 Å². The van der Waals surface area contributed by atoms with Crippen LogP contribution >= 0.6 is 11.6 Å². The third-order valence-corrected chi connectivity index (χ3v) is 4.95. The fourth-order valence-electron chi connectivity index (χ4n) is 2.82. The van der Waals surface area contributed by atoms with Crippen LogP contribution in [0.15, 0.2) is 53.1 Å². The lowest BCUT2D eigenvalue weighted by Gasteiger charge is -2.28. The van der Waals surface area contributed by atoms with E-state index in [1.807, 2.05) is 13.8 Å². The van der Waals surface area contributed by atoms with Gasteiger partial charge >= 0.3 is 0 Å². The topological polar surface area (TPSA) is 59.2 Å². The Hall–Kier alpha value is -2.73. The van der Waals surface area contributed by atoms with Crippen molar-refractivity contribution in [2.75, 3.05) is 6.54 Å². The second kappa shape index (κ2) is 8.97. The summed E-state index contributed by atoms with van der Waals surface area (Å²) in [5.74, 6) is 0.357. The highest BCUT2D eigenvalue weighted by molar-refractivity contribution is 6.33. The molecule has 5 nitrogen and oxygen atoms in total. The minimum Gasteiger partial charge on any atom is -0.339 e. The van der Waals surface area contributed by atoms with E-state index in [4.69, 9.17) is 16.1 Å². The predicted molar refractivity (Wildman–Crippen MR) is 106 cm³/mol. The SMILES string of the molecule is CC[C@H](C)N(CCc1nc(-c2ccc(F)cc2)no1)C(=O)c1ccccc1Cl. The van der Waals surface area contributed by atoms with Gasteiger partial charge in [0.25, 0.3) is 5.91 Å². The molecule has 0 saturated carbocycles. The number of carbonyl (C=O) groups excluding carboxylic acids is 1. The lowest BCUT2D eigenvalue weighted by molar-refractivity contribution is 0.0686. The molecule has 0 saturated heterocycles. The van der Waals surface area contributed by atoms with Crippen LogP contribution < -0.4 is 0 Å². The number of hydrogen-bond donors (Lipinski definition) is 0. The molecule has 3 rings (SSSR count). The molecular formula is C21H21ClFN3O2. The zero-order chi connectivity index (χ0) is 20.1. The average Bonchev–Trinajstić information content (AvgIpc) is 3.17. The first-order chi connectivity index (χ1) is 13.5. The molecule has 0 fully saturated rings. The largest absolute Gasteiger partial charge is 0.339 e. The summed E-state index contributed by atoms with van der Waals surface area (Å²) in [4.78, 5) is 19.1. The number of halogens is 2. The maximum Gasteiger partial charge on any atom is 0.255 e. The van der Waals surface area contributed by atoms with Gasteiger partial charge in [-0.05, 0) is 49.7 Å². The molecule has 0 unspecified atom stereocenters. The Morgan fingerprint density at radius 3 is 2.61 bits per heavy atom. The molecule has 1 atom stereocenters. The highest BCUT2D eigenvalue weighted by Gasteiger charge is 2.23. The van der Waals surface area contributed by atoms with E-state index in [0.29, 0.717) is 40.8 Å². The molecule has 0 aliphatic rings. The molecule has 1 aromatic heterocycles. The predicted octanol–water partition coefficient (Wildman–Crippen LogP) is 5.01. The third kappa shape index (κ3) is 4.57. The van der Waals surface area contributed by atoms with E-state index in [0.717, 1.165) is 6.42 Å². The summed E-state index contributed by atoms with van der Waals surface area (Å²) in [6.45, 7) is 4.44. The van der Waals surface area contributed by atoms with Gasteiger partial charge in [-0.1, -0.05) is 35.8 Å². The van der Waals surface area contributed by atoms with Gasteiger partial charge in [-0.3, -0.25) is 4.79 Å². The van der Waals surface area contributed by atoms with Gasteiger partial charge in [0.05, 0.1) is 10.6 Å². The van der Waals surface area contributed by atoms with Crippen molar-refractivity contribution >= 4 is 17.5 Å². The summed E-state index contributed by atoms with van der Waals surface area (Å²) < 4.78 is 18.4. The Morgan fingerprint density at radius 1 is 1.21 bits per heavy atom. The van der Waals surface area contributed by atoms with Crippen LogP contribution in [0.1, 0.15) is 36.5 Å². The number of rotatable bonds is 7. The van der Waals surface area contributed by atoms with Crippen molar-refractivity contribution < 1.29 is 13.7 Å². The average molecular weight is 402 g/mol. The monoisotopic (exact) mass is 401 g/mol. The van der Waals surface area contributed by atoms with Gasteiger partial charge in [0.15, 0.2) is 0 Å². The van der Waals surface area contributed by atoms with Gasteiger partial charge in [-0.2, -0.15) is 4.98 Å². The van der Waals surface area contributed by atoms with Crippen LogP contribution in [0, 0.1) is 5.82 Å². The second-order valence-electron chi connectivity index (χ2n) is 6.50. The van der Waals surface area contributed by atoms with Gasteiger partial charge in [0.1, 0.15) is 5.82 Å². The third-order valence-electron chi connectivity index (χ3n) is 4.63. The first-order valence-electron chi connectivity index (χ1n) is 9.13. The second-order valence-corrected chi connectivity index (χ2v) is 6.91. The molecule has 1 heterocycles. The number of aromatic nitrogens is 2. The maximum atomic E-state index is 13.1. The molecule has 0 aliphatic heterocycles. The van der Waals surface area contributed by atoms with Crippen LogP contribution in [0.2, 0.25) is 5.02 Å². The number of nitrogens with zero attached hydrogens (tertiary/aromatic N) is 3. The number of carbonyl (C=O) groups is 1. The first-order valence-corrected chi connectivity index (χ1v) is 9.51. The van der Waals surface area contributed by atoms with Crippen molar-refractivity contribution in [2.45, 2.75) is 32.7 Å². The van der Waals surface area contributed by atoms with Crippen LogP contribution in [0.3, 0.4) is 0 Å². The van der Waals surface area contributed by atoms with Crippen LogP contribution in [-0.2, 0) is 6.42 Å². The highest BCUT2D eigenvalue weighted by Crippen LogP contribution is 2.20. The molecule has 1 amide bonds. The quantitative estimate of drug-likeness (QED) is 0.558. The van der Waals surface area contributed by atoms with Crippen LogP contribution in [-0.4, -0.2) is 33.5 Å². The minimum atomic E-state index is -0.324. The van der Waals surface area contributed by atoms with Gasteiger partial charge in [-0.15, -0.1) is 0 Å². The van der Waals surface area contributed by atoms with Crippen LogP contribution in [0.25, 0.3) is 11.4 Å². The number of amides is 1. The van der Waals surface area contributed by atoms with E-state index >= 15 is 0 Å². The Balaban J connectivity index is 1.73. The molecule has 0 spiro atoms. The summed E-state index contributed by atoms with van der Waals surface area (Å²) in [6.07, 6.45) is 1.22. The Kier molecular flexibility index (Phi) is 6.41. The highest BCUT2D eigenvalue weighted by atomic mass is 35.5. The Morgan fingerprint density at radius 2 is 1.93 bits per heavy atom. The zero-order valence-electron chi connectivity index (χ0n) is 15.7. The first kappa shape index (κ1) is 20.0. The standard InChI is InChI=1S/C21H21ClFN3O2/c1-3-14(2)26(21(27)17-6-4-5-7-18(17)22)13-12-19-24-20(25-28-19)15-8-10-16(23)11-9-15/h4-11,14H,3,12-13H2,1-2H3/t14-/m0/s1. The molecule has 146 valence electrons. The van der Waals surface area contributed by atoms with Crippen molar-refractivity contribution in [2.24, 2.45) is 0 Å². The smallest absolute Gasteiger partial charge is 0.255 e. The summed E-state index contributed by atoms with van der Waals surface area (Å²) in [6, 6.07) is 12.9. The van der Waals surface area contributed by atoms with Crippen LogP contribution in [0.5, 0.6) is 0 Å². The van der Waals surface area contributed by atoms with E-state index in [9.17, 15) is 9.18 Å². The van der Waals surface area contributed by atoms with E-state index in [1.165, 1.54) is 12.1 Å². The maximum absolute atomic E-state index is 13.1. The lowest BCUT2D eigenvalue weighted by Crippen LogP contribution is -2.40.